The number of aromatic nitrogens is 4. The molecule has 9 heteroatoms. The summed E-state index contributed by atoms with van der Waals surface area (Å²) in [6.07, 6.45) is 1.88. The lowest BCUT2D eigenvalue weighted by Gasteiger charge is -2.15. The Hall–Kier alpha value is -4.04. The van der Waals surface area contributed by atoms with Crippen LogP contribution in [-0.4, -0.2) is 25.5 Å². The molecule has 0 saturated carbocycles. The third-order valence-electron chi connectivity index (χ3n) is 5.26. The minimum absolute atomic E-state index is 0.0171. The quantitative estimate of drug-likeness (QED) is 0.349. The fourth-order valence-corrected chi connectivity index (χ4v) is 3.43. The van der Waals surface area contributed by atoms with E-state index in [9.17, 15) is 9.59 Å². The average Bonchev–Trinajstić information content (AvgIpc) is 2.86. The van der Waals surface area contributed by atoms with Gasteiger partial charge in [-0.05, 0) is 55.0 Å². The van der Waals surface area contributed by atoms with Crippen LogP contribution < -0.4 is 15.6 Å². The van der Waals surface area contributed by atoms with Gasteiger partial charge in [0.1, 0.15) is 11.5 Å². The average molecular weight is 490 g/mol. The van der Waals surface area contributed by atoms with E-state index in [1.54, 1.807) is 37.3 Å². The fourth-order valence-electron chi connectivity index (χ4n) is 3.31. The molecule has 2 aromatic heterocycles. The number of halogens is 1. The van der Waals surface area contributed by atoms with Gasteiger partial charge in [-0.15, -0.1) is 5.10 Å². The van der Waals surface area contributed by atoms with Crippen molar-refractivity contribution in [1.82, 2.24) is 19.7 Å². The van der Waals surface area contributed by atoms with Gasteiger partial charge in [0.25, 0.3) is 5.56 Å². The van der Waals surface area contributed by atoms with E-state index in [1.807, 2.05) is 37.3 Å². The molecule has 1 N–H and O–H groups in total. The van der Waals surface area contributed by atoms with Gasteiger partial charge in [0.15, 0.2) is 0 Å². The lowest BCUT2D eigenvalue weighted by atomic mass is 10.1. The molecule has 2 aromatic carbocycles. The Bertz CT molecular complexity index is 1370. The number of aryl methyl sites for hydroxylation is 1. The molecular formula is C26H24ClN5O3. The van der Waals surface area contributed by atoms with Crippen LogP contribution in [0.5, 0.6) is 11.6 Å². The van der Waals surface area contributed by atoms with Crippen molar-refractivity contribution in [3.8, 4) is 11.6 Å². The SMILES string of the molecule is CCC(=O)Cc1cnc(Nc2ccc(Oc3ccc(C)nn3)cc2)n(Cc2ccc(Cl)cc2)c1=O. The summed E-state index contributed by atoms with van der Waals surface area (Å²) >= 11 is 6.01. The second-order valence-electron chi connectivity index (χ2n) is 7.96. The summed E-state index contributed by atoms with van der Waals surface area (Å²) in [4.78, 5) is 29.7. The first-order valence-electron chi connectivity index (χ1n) is 11.1. The molecule has 0 fully saturated rings. The molecule has 0 amide bonds. The second-order valence-corrected chi connectivity index (χ2v) is 8.39. The van der Waals surface area contributed by atoms with E-state index in [0.29, 0.717) is 40.3 Å². The zero-order valence-electron chi connectivity index (χ0n) is 19.4. The number of nitrogens with one attached hydrogen (secondary N) is 1. The van der Waals surface area contributed by atoms with Gasteiger partial charge in [-0.2, -0.15) is 5.10 Å². The predicted molar refractivity (Wildman–Crippen MR) is 135 cm³/mol. The predicted octanol–water partition coefficient (Wildman–Crippen LogP) is 5.10. The second kappa shape index (κ2) is 10.9. The fraction of sp³-hybridized carbons (Fsp3) is 0.192. The third-order valence-corrected chi connectivity index (χ3v) is 5.51. The molecular weight excluding hydrogens is 466 g/mol. The van der Waals surface area contributed by atoms with Crippen LogP contribution in [0.2, 0.25) is 5.02 Å². The number of carbonyl (C=O) groups excluding carboxylic acids is 1. The zero-order chi connectivity index (χ0) is 24.8. The first kappa shape index (κ1) is 24.1. The molecule has 0 aliphatic rings. The number of nitrogens with zero attached hydrogens (tertiary/aromatic N) is 4. The highest BCUT2D eigenvalue weighted by atomic mass is 35.5. The van der Waals surface area contributed by atoms with E-state index in [-0.39, 0.29) is 24.3 Å². The topological polar surface area (TPSA) is 99.0 Å². The van der Waals surface area contributed by atoms with E-state index < -0.39 is 0 Å². The van der Waals surface area contributed by atoms with Crippen molar-refractivity contribution >= 4 is 29.0 Å². The van der Waals surface area contributed by atoms with Gasteiger partial charge in [-0.1, -0.05) is 30.7 Å². The number of hydrogen-bond donors (Lipinski definition) is 1. The summed E-state index contributed by atoms with van der Waals surface area (Å²) in [5.41, 5.74) is 2.49. The molecule has 8 nitrogen and oxygen atoms in total. The van der Waals surface area contributed by atoms with Gasteiger partial charge in [0, 0.05) is 41.4 Å². The molecule has 0 atom stereocenters. The summed E-state index contributed by atoms with van der Waals surface area (Å²) in [6, 6.07) is 18.0. The Kier molecular flexibility index (Phi) is 7.52. The van der Waals surface area contributed by atoms with Crippen molar-refractivity contribution in [2.24, 2.45) is 0 Å². The highest BCUT2D eigenvalue weighted by Gasteiger charge is 2.14. The molecule has 4 rings (SSSR count). The Morgan fingerprint density at radius 1 is 1.03 bits per heavy atom. The minimum Gasteiger partial charge on any atom is -0.438 e. The van der Waals surface area contributed by atoms with Crippen molar-refractivity contribution in [3.05, 3.63) is 99.1 Å². The summed E-state index contributed by atoms with van der Waals surface area (Å²) in [7, 11) is 0. The molecule has 0 unspecified atom stereocenters. The maximum atomic E-state index is 13.3. The number of benzene rings is 2. The highest BCUT2D eigenvalue weighted by Crippen LogP contribution is 2.23. The Labute approximate surface area is 207 Å². The molecule has 0 aliphatic heterocycles. The van der Waals surface area contributed by atoms with Gasteiger partial charge < -0.3 is 10.1 Å². The van der Waals surface area contributed by atoms with Gasteiger partial charge in [0.05, 0.1) is 12.2 Å². The summed E-state index contributed by atoms with van der Waals surface area (Å²) < 4.78 is 7.24. The lowest BCUT2D eigenvalue weighted by Crippen LogP contribution is -2.28. The van der Waals surface area contributed by atoms with Crippen LogP contribution in [0.25, 0.3) is 0 Å². The molecule has 0 bridgehead atoms. The normalized spacial score (nSPS) is 10.7. The summed E-state index contributed by atoms with van der Waals surface area (Å²) in [6.45, 7) is 3.90. The lowest BCUT2D eigenvalue weighted by molar-refractivity contribution is -0.118. The number of rotatable bonds is 9. The van der Waals surface area contributed by atoms with Crippen LogP contribution >= 0.6 is 11.6 Å². The molecule has 4 aromatic rings. The third kappa shape index (κ3) is 6.30. The van der Waals surface area contributed by atoms with E-state index in [1.165, 1.54) is 10.8 Å². The van der Waals surface area contributed by atoms with E-state index in [4.69, 9.17) is 16.3 Å². The van der Waals surface area contributed by atoms with Gasteiger partial charge in [-0.25, -0.2) is 4.98 Å². The highest BCUT2D eigenvalue weighted by molar-refractivity contribution is 6.30. The van der Waals surface area contributed by atoms with Crippen LogP contribution in [0, 0.1) is 6.92 Å². The number of anilines is 2. The molecule has 0 radical (unpaired) electrons. The molecule has 0 saturated heterocycles. The number of Topliss-reactive ketones (excluding diaryl/α,β-unsaturated/α-hetero) is 1. The number of ether oxygens (including phenoxy) is 1. The standard InChI is InChI=1S/C26H24ClN5O3/c1-3-22(33)14-19-15-28-26(32(25(19)34)16-18-5-7-20(27)8-6-18)29-21-9-11-23(12-10-21)35-24-13-4-17(2)30-31-24/h4-13,15H,3,14,16H2,1-2H3,(H,28,29). The number of carbonyl (C=O) groups is 1. The van der Waals surface area contributed by atoms with Crippen LogP contribution in [0.1, 0.15) is 30.2 Å². The maximum Gasteiger partial charge on any atom is 0.258 e. The number of ketones is 1. The Balaban J connectivity index is 1.59. The first-order chi connectivity index (χ1) is 16.9. The van der Waals surface area contributed by atoms with Crippen molar-refractivity contribution < 1.29 is 9.53 Å². The molecule has 0 spiro atoms. The van der Waals surface area contributed by atoms with E-state index >= 15 is 0 Å². The van der Waals surface area contributed by atoms with Crippen LogP contribution in [0.15, 0.2) is 71.7 Å². The van der Waals surface area contributed by atoms with Crippen LogP contribution in [0.3, 0.4) is 0 Å². The molecule has 2 heterocycles. The van der Waals surface area contributed by atoms with Gasteiger partial charge in [0.2, 0.25) is 11.8 Å². The zero-order valence-corrected chi connectivity index (χ0v) is 20.1. The van der Waals surface area contributed by atoms with Crippen molar-refractivity contribution in [2.45, 2.75) is 33.2 Å². The summed E-state index contributed by atoms with van der Waals surface area (Å²) in [5, 5.41) is 11.8. The Morgan fingerprint density at radius 2 is 1.77 bits per heavy atom. The van der Waals surface area contributed by atoms with Crippen molar-refractivity contribution in [1.29, 1.82) is 0 Å². The largest absolute Gasteiger partial charge is 0.438 e. The maximum absolute atomic E-state index is 13.3. The van der Waals surface area contributed by atoms with Crippen molar-refractivity contribution in [3.63, 3.8) is 0 Å². The monoisotopic (exact) mass is 489 g/mol. The van der Waals surface area contributed by atoms with Gasteiger partial charge in [-0.3, -0.25) is 14.2 Å². The van der Waals surface area contributed by atoms with Crippen LogP contribution in [0.4, 0.5) is 11.6 Å². The smallest absolute Gasteiger partial charge is 0.258 e. The molecule has 178 valence electrons. The Morgan fingerprint density at radius 3 is 2.43 bits per heavy atom. The molecule has 0 aliphatic carbocycles. The number of hydrogen-bond acceptors (Lipinski definition) is 7. The summed E-state index contributed by atoms with van der Waals surface area (Å²) in [5.74, 6) is 1.33. The first-order valence-corrected chi connectivity index (χ1v) is 11.5. The van der Waals surface area contributed by atoms with Crippen molar-refractivity contribution in [2.75, 3.05) is 5.32 Å². The molecule has 35 heavy (non-hydrogen) atoms. The van der Waals surface area contributed by atoms with E-state index in [2.05, 4.69) is 20.5 Å². The van der Waals surface area contributed by atoms with Gasteiger partial charge >= 0.3 is 0 Å². The van der Waals surface area contributed by atoms with Crippen LogP contribution in [-0.2, 0) is 17.8 Å². The minimum atomic E-state index is -0.267. The van der Waals surface area contributed by atoms with E-state index in [0.717, 1.165) is 11.3 Å².